The average Bonchev–Trinajstić information content (AvgIpc) is 3.30. The fraction of sp³-hybridized carbons (Fsp3) is 0.542. The van der Waals surface area contributed by atoms with E-state index in [1.54, 1.807) is 11.3 Å². The Morgan fingerprint density at radius 2 is 1.87 bits per heavy atom. The first-order chi connectivity index (χ1) is 14.6. The van der Waals surface area contributed by atoms with Crippen LogP contribution in [0.5, 0.6) is 0 Å². The maximum absolute atomic E-state index is 12.9. The Morgan fingerprint density at radius 1 is 1.10 bits per heavy atom. The number of thiophene rings is 1. The van der Waals surface area contributed by atoms with Crippen LogP contribution in [-0.4, -0.2) is 61.6 Å². The minimum Gasteiger partial charge on any atom is -0.368 e. The molecule has 2 aliphatic rings. The molecule has 30 heavy (non-hydrogen) atoms. The van der Waals surface area contributed by atoms with Crippen molar-refractivity contribution in [3.05, 3.63) is 52.2 Å². The van der Waals surface area contributed by atoms with Crippen molar-refractivity contribution >= 4 is 23.1 Å². The molecule has 5 nitrogen and oxygen atoms in total. The van der Waals surface area contributed by atoms with Crippen LogP contribution in [0, 0.1) is 12.8 Å². The first kappa shape index (κ1) is 21.2. The number of aryl methyl sites for hydroxylation is 1. The van der Waals surface area contributed by atoms with Gasteiger partial charge in [0.1, 0.15) is 0 Å². The molecule has 0 aliphatic carbocycles. The van der Waals surface area contributed by atoms with Crippen LogP contribution < -0.4 is 10.2 Å². The molecule has 0 spiro atoms. The third-order valence-electron chi connectivity index (χ3n) is 6.51. The Balaban J connectivity index is 1.31. The van der Waals surface area contributed by atoms with Crippen molar-refractivity contribution in [2.24, 2.45) is 5.92 Å². The molecule has 2 fully saturated rings. The molecule has 0 saturated carbocycles. The van der Waals surface area contributed by atoms with Crippen LogP contribution in [0.25, 0.3) is 0 Å². The minimum atomic E-state index is 0.0748. The highest BCUT2D eigenvalue weighted by Crippen LogP contribution is 2.29. The van der Waals surface area contributed by atoms with Crippen molar-refractivity contribution in [1.29, 1.82) is 0 Å². The zero-order chi connectivity index (χ0) is 20.9. The topological polar surface area (TPSA) is 38.8 Å². The number of hydrogen-bond donors (Lipinski definition) is 1. The predicted molar refractivity (Wildman–Crippen MR) is 125 cm³/mol. The lowest BCUT2D eigenvalue weighted by Gasteiger charge is -2.38. The largest absolute Gasteiger partial charge is 0.368 e. The van der Waals surface area contributed by atoms with Gasteiger partial charge < -0.3 is 15.1 Å². The lowest BCUT2D eigenvalue weighted by molar-refractivity contribution is 0.134. The molecular weight excluding hydrogens is 392 g/mol. The van der Waals surface area contributed by atoms with Crippen LogP contribution in [-0.2, 0) is 0 Å². The van der Waals surface area contributed by atoms with Gasteiger partial charge in [-0.15, -0.1) is 11.3 Å². The summed E-state index contributed by atoms with van der Waals surface area (Å²) in [5, 5.41) is 5.39. The fourth-order valence-electron chi connectivity index (χ4n) is 4.52. The number of benzene rings is 1. The van der Waals surface area contributed by atoms with Gasteiger partial charge in [-0.3, -0.25) is 4.90 Å². The molecule has 6 heteroatoms. The van der Waals surface area contributed by atoms with Crippen LogP contribution in [0.3, 0.4) is 0 Å². The number of urea groups is 1. The van der Waals surface area contributed by atoms with Crippen LogP contribution >= 0.6 is 11.3 Å². The number of anilines is 1. The van der Waals surface area contributed by atoms with E-state index >= 15 is 0 Å². The number of rotatable bonds is 5. The zero-order valence-corrected chi connectivity index (χ0v) is 19.0. The van der Waals surface area contributed by atoms with Gasteiger partial charge in [0.2, 0.25) is 0 Å². The third kappa shape index (κ3) is 5.16. The summed E-state index contributed by atoms with van der Waals surface area (Å²) in [5.41, 5.74) is 2.53. The summed E-state index contributed by atoms with van der Waals surface area (Å²) in [6.07, 6.45) is 2.49. The quantitative estimate of drug-likeness (QED) is 0.772. The minimum absolute atomic E-state index is 0.0748. The lowest BCUT2D eigenvalue weighted by Crippen LogP contribution is -2.53. The normalized spacial score (nSPS) is 19.7. The highest BCUT2D eigenvalue weighted by atomic mass is 32.1. The van der Waals surface area contributed by atoms with Gasteiger partial charge in [-0.2, -0.15) is 0 Å². The number of likely N-dealkylation sites (tertiary alicyclic amines) is 1. The van der Waals surface area contributed by atoms with E-state index in [9.17, 15) is 4.79 Å². The van der Waals surface area contributed by atoms with E-state index in [2.05, 4.69) is 70.7 Å². The van der Waals surface area contributed by atoms with Crippen molar-refractivity contribution in [3.8, 4) is 0 Å². The number of nitrogens with zero attached hydrogens (tertiary/aromatic N) is 3. The highest BCUT2D eigenvalue weighted by Gasteiger charge is 2.27. The second-order valence-electron chi connectivity index (χ2n) is 8.75. The predicted octanol–water partition coefficient (Wildman–Crippen LogP) is 4.36. The van der Waals surface area contributed by atoms with Gasteiger partial charge in [-0.1, -0.05) is 25.1 Å². The molecule has 1 aromatic carbocycles. The smallest absolute Gasteiger partial charge is 0.317 e. The molecule has 0 bridgehead atoms. The van der Waals surface area contributed by atoms with E-state index in [0.29, 0.717) is 6.54 Å². The monoisotopic (exact) mass is 426 g/mol. The summed E-state index contributed by atoms with van der Waals surface area (Å²) in [4.78, 5) is 21.1. The molecule has 2 aromatic rings. The van der Waals surface area contributed by atoms with E-state index in [0.717, 1.165) is 45.2 Å². The molecule has 4 rings (SSSR count). The second-order valence-corrected chi connectivity index (χ2v) is 9.73. The molecule has 0 radical (unpaired) electrons. The SMILES string of the molecule is Cc1cccc(N2CCN(C(=O)NC[C@@H](c3cccs3)N3CCC(C)CC3)CC2)c1. The van der Waals surface area contributed by atoms with Gasteiger partial charge in [0, 0.05) is 43.3 Å². The molecule has 2 amide bonds. The maximum Gasteiger partial charge on any atom is 0.317 e. The number of piperazine rings is 1. The summed E-state index contributed by atoms with van der Waals surface area (Å²) in [7, 11) is 0. The van der Waals surface area contributed by atoms with Crippen molar-refractivity contribution in [3.63, 3.8) is 0 Å². The van der Waals surface area contributed by atoms with Crippen molar-refractivity contribution in [2.45, 2.75) is 32.7 Å². The van der Waals surface area contributed by atoms with Crippen molar-refractivity contribution in [1.82, 2.24) is 15.1 Å². The van der Waals surface area contributed by atoms with Crippen LogP contribution in [0.15, 0.2) is 41.8 Å². The molecule has 0 unspecified atom stereocenters. The van der Waals surface area contributed by atoms with E-state index in [1.165, 1.54) is 29.0 Å². The molecule has 1 aromatic heterocycles. The average molecular weight is 427 g/mol. The van der Waals surface area contributed by atoms with E-state index in [-0.39, 0.29) is 12.1 Å². The Morgan fingerprint density at radius 3 is 2.53 bits per heavy atom. The molecule has 2 saturated heterocycles. The number of carbonyl (C=O) groups is 1. The Labute approximate surface area is 184 Å². The van der Waals surface area contributed by atoms with Gasteiger partial charge >= 0.3 is 6.03 Å². The summed E-state index contributed by atoms with van der Waals surface area (Å²) < 4.78 is 0. The number of hydrogen-bond acceptors (Lipinski definition) is 4. The van der Waals surface area contributed by atoms with Gasteiger partial charge in [-0.05, 0) is 67.9 Å². The first-order valence-electron chi connectivity index (χ1n) is 11.2. The summed E-state index contributed by atoms with van der Waals surface area (Å²) in [6.45, 7) is 10.7. The molecule has 1 atom stereocenters. The molecule has 3 heterocycles. The Hall–Kier alpha value is -2.05. The Bertz CT molecular complexity index is 808. The maximum atomic E-state index is 12.9. The lowest BCUT2D eigenvalue weighted by atomic mass is 9.97. The standard InChI is InChI=1S/C24H34N4OS/c1-19-8-10-27(11-9-19)22(23-7-4-16-30-23)18-25-24(29)28-14-12-26(13-15-28)21-6-3-5-20(2)17-21/h3-7,16-17,19,22H,8-15,18H2,1-2H3,(H,25,29)/t22-/m0/s1. The van der Waals surface area contributed by atoms with Crippen LogP contribution in [0.2, 0.25) is 0 Å². The van der Waals surface area contributed by atoms with Gasteiger partial charge in [-0.25, -0.2) is 4.79 Å². The Kier molecular flexibility index (Phi) is 6.95. The number of amides is 2. The van der Waals surface area contributed by atoms with Crippen molar-refractivity contribution < 1.29 is 4.79 Å². The van der Waals surface area contributed by atoms with Crippen molar-refractivity contribution in [2.75, 3.05) is 50.7 Å². The van der Waals surface area contributed by atoms with Gasteiger partial charge in [0.25, 0.3) is 0 Å². The number of carbonyl (C=O) groups excluding carboxylic acids is 1. The third-order valence-corrected chi connectivity index (χ3v) is 7.48. The molecule has 162 valence electrons. The van der Waals surface area contributed by atoms with Gasteiger partial charge in [0.15, 0.2) is 0 Å². The number of nitrogens with one attached hydrogen (secondary N) is 1. The zero-order valence-electron chi connectivity index (χ0n) is 18.2. The summed E-state index contributed by atoms with van der Waals surface area (Å²) in [6, 6.07) is 13.3. The first-order valence-corrected chi connectivity index (χ1v) is 12.1. The molecule has 2 aliphatic heterocycles. The summed E-state index contributed by atoms with van der Waals surface area (Å²) in [5.74, 6) is 0.810. The van der Waals surface area contributed by atoms with Gasteiger partial charge in [0.05, 0.1) is 6.04 Å². The second kappa shape index (κ2) is 9.84. The van der Waals surface area contributed by atoms with E-state index in [4.69, 9.17) is 0 Å². The summed E-state index contributed by atoms with van der Waals surface area (Å²) >= 11 is 1.80. The highest BCUT2D eigenvalue weighted by molar-refractivity contribution is 7.10. The van der Waals surface area contributed by atoms with E-state index < -0.39 is 0 Å². The van der Waals surface area contributed by atoms with Crippen LogP contribution in [0.1, 0.15) is 36.2 Å². The molecule has 1 N–H and O–H groups in total. The number of piperidine rings is 1. The van der Waals surface area contributed by atoms with E-state index in [1.807, 2.05) is 4.90 Å². The van der Waals surface area contributed by atoms with Crippen LogP contribution in [0.4, 0.5) is 10.5 Å². The fourth-order valence-corrected chi connectivity index (χ4v) is 5.38. The molecular formula is C24H34N4OS.